The van der Waals surface area contributed by atoms with Gasteiger partial charge in [-0.15, -0.1) is 0 Å². The van der Waals surface area contributed by atoms with E-state index in [1.807, 2.05) is 0 Å². The maximum atomic E-state index is 10.7. The molecule has 0 spiro atoms. The lowest BCUT2D eigenvalue weighted by molar-refractivity contribution is -0.833. The Balaban J connectivity index is 2.30. The summed E-state index contributed by atoms with van der Waals surface area (Å²) in [5.74, 6) is -0.00334. The van der Waals surface area contributed by atoms with E-state index in [4.69, 9.17) is 16.0 Å². The standard InChI is InChI=1S/C10H16N4O4S/c11-9-6-8(13-4-2-1-3-5-13)7-10(12)14(9)18-19(15,16)17/h6-7H,1-5H2,(H4,11,12,15,16,17)/p+1. The second-order valence-corrected chi connectivity index (χ2v) is 5.41. The topological polar surface area (TPSA) is 123 Å². The molecule has 1 aromatic rings. The SMILES string of the molecule is Nc1cc(N2CCCCC2)cc(N)[n+]1OS(=O)(=O)O. The van der Waals surface area contributed by atoms with Gasteiger partial charge < -0.3 is 16.4 Å². The van der Waals surface area contributed by atoms with Gasteiger partial charge in [-0.05, 0) is 24.0 Å². The Hall–Kier alpha value is -1.74. The molecule has 106 valence electrons. The molecular formula is C10H17N4O4S+. The third kappa shape index (κ3) is 3.38. The number of nitrogens with zero attached hydrogens (tertiary/aromatic N) is 2. The van der Waals surface area contributed by atoms with Crippen LogP contribution in [0.3, 0.4) is 0 Å². The van der Waals surface area contributed by atoms with Crippen molar-refractivity contribution in [1.29, 1.82) is 0 Å². The highest BCUT2D eigenvalue weighted by Crippen LogP contribution is 2.22. The third-order valence-electron chi connectivity index (χ3n) is 2.95. The van der Waals surface area contributed by atoms with Crippen LogP contribution in [0.1, 0.15) is 19.3 Å². The fourth-order valence-corrected chi connectivity index (χ4v) is 2.49. The van der Waals surface area contributed by atoms with E-state index in [1.165, 1.54) is 6.42 Å². The molecule has 19 heavy (non-hydrogen) atoms. The van der Waals surface area contributed by atoms with Crippen molar-refractivity contribution in [1.82, 2.24) is 0 Å². The minimum atomic E-state index is -4.67. The molecule has 2 rings (SSSR count). The third-order valence-corrected chi connectivity index (χ3v) is 3.29. The van der Waals surface area contributed by atoms with E-state index in [9.17, 15) is 8.42 Å². The van der Waals surface area contributed by atoms with Crippen LogP contribution in [0, 0.1) is 0 Å². The van der Waals surface area contributed by atoms with Gasteiger partial charge in [0.2, 0.25) is 0 Å². The lowest BCUT2D eigenvalue weighted by Crippen LogP contribution is -2.50. The van der Waals surface area contributed by atoms with Crippen molar-refractivity contribution in [2.75, 3.05) is 29.5 Å². The number of aromatic nitrogens is 1. The molecule has 5 N–H and O–H groups in total. The number of piperidine rings is 1. The van der Waals surface area contributed by atoms with Crippen LogP contribution in [-0.4, -0.2) is 26.1 Å². The van der Waals surface area contributed by atoms with E-state index in [0.717, 1.165) is 31.6 Å². The Morgan fingerprint density at radius 1 is 1.16 bits per heavy atom. The van der Waals surface area contributed by atoms with Crippen LogP contribution in [0.5, 0.6) is 0 Å². The number of nitrogens with two attached hydrogens (primary N) is 2. The minimum Gasteiger partial charge on any atom is -0.371 e. The van der Waals surface area contributed by atoms with Gasteiger partial charge in [-0.3, -0.25) is 4.55 Å². The molecule has 0 bridgehead atoms. The second kappa shape index (κ2) is 5.10. The summed E-state index contributed by atoms with van der Waals surface area (Å²) in [7, 11) is -4.67. The molecule has 0 radical (unpaired) electrons. The van der Waals surface area contributed by atoms with Crippen LogP contribution < -0.4 is 25.4 Å². The van der Waals surface area contributed by atoms with Crippen LogP contribution in [0.2, 0.25) is 0 Å². The van der Waals surface area contributed by atoms with Crippen molar-refractivity contribution in [3.63, 3.8) is 0 Å². The monoisotopic (exact) mass is 289 g/mol. The first-order valence-electron chi connectivity index (χ1n) is 5.90. The van der Waals surface area contributed by atoms with Crippen molar-refractivity contribution >= 4 is 27.7 Å². The molecule has 0 saturated carbocycles. The first-order valence-corrected chi connectivity index (χ1v) is 7.27. The molecule has 8 nitrogen and oxygen atoms in total. The van der Waals surface area contributed by atoms with Crippen LogP contribution in [0.25, 0.3) is 0 Å². The zero-order chi connectivity index (χ0) is 14.0. The van der Waals surface area contributed by atoms with Gasteiger partial charge in [0.15, 0.2) is 0 Å². The van der Waals surface area contributed by atoms with E-state index >= 15 is 0 Å². The normalized spacial score (nSPS) is 16.4. The highest BCUT2D eigenvalue weighted by atomic mass is 32.3. The van der Waals surface area contributed by atoms with Gasteiger partial charge in [-0.2, -0.15) is 8.42 Å². The summed E-state index contributed by atoms with van der Waals surface area (Å²) in [6.45, 7) is 1.81. The van der Waals surface area contributed by atoms with Gasteiger partial charge in [0.25, 0.3) is 11.6 Å². The lowest BCUT2D eigenvalue weighted by Gasteiger charge is -2.28. The zero-order valence-electron chi connectivity index (χ0n) is 10.3. The molecule has 1 aliphatic rings. The Morgan fingerprint density at radius 3 is 2.16 bits per heavy atom. The van der Waals surface area contributed by atoms with Gasteiger partial charge in [-0.25, -0.2) is 4.28 Å². The van der Waals surface area contributed by atoms with Crippen molar-refractivity contribution in [3.8, 4) is 0 Å². The molecule has 0 amide bonds. The highest BCUT2D eigenvalue weighted by molar-refractivity contribution is 7.80. The zero-order valence-corrected chi connectivity index (χ0v) is 11.1. The predicted molar refractivity (Wildman–Crippen MR) is 69.7 cm³/mol. The van der Waals surface area contributed by atoms with E-state index in [1.54, 1.807) is 12.1 Å². The molecule has 0 unspecified atom stereocenters. The fourth-order valence-electron chi connectivity index (χ4n) is 2.13. The fraction of sp³-hybridized carbons (Fsp3) is 0.500. The first kappa shape index (κ1) is 13.7. The van der Waals surface area contributed by atoms with E-state index in [-0.39, 0.29) is 11.6 Å². The maximum Gasteiger partial charge on any atom is 0.476 e. The molecular weight excluding hydrogens is 272 g/mol. The van der Waals surface area contributed by atoms with Crippen molar-refractivity contribution in [2.24, 2.45) is 0 Å². The smallest absolute Gasteiger partial charge is 0.371 e. The van der Waals surface area contributed by atoms with Gasteiger partial charge in [-0.1, -0.05) is 0 Å². The number of hydrogen-bond donors (Lipinski definition) is 3. The number of nitrogen functional groups attached to an aromatic ring is 2. The summed E-state index contributed by atoms with van der Waals surface area (Å²) in [5.41, 5.74) is 12.2. The van der Waals surface area contributed by atoms with Crippen molar-refractivity contribution < 1.29 is 22.0 Å². The molecule has 9 heteroatoms. The number of anilines is 3. The maximum absolute atomic E-state index is 10.7. The number of pyridine rings is 1. The summed E-state index contributed by atoms with van der Waals surface area (Å²) in [6, 6.07) is 3.12. The van der Waals surface area contributed by atoms with Gasteiger partial charge in [0, 0.05) is 25.2 Å². The Bertz CT molecular complexity index is 546. The molecule has 1 fully saturated rings. The predicted octanol–water partition coefficient (Wildman–Crippen LogP) is -0.640. The van der Waals surface area contributed by atoms with Crippen LogP contribution >= 0.6 is 0 Å². The minimum absolute atomic E-state index is 0.00167. The summed E-state index contributed by atoms with van der Waals surface area (Å²) in [5, 5.41) is 0. The molecule has 0 aromatic carbocycles. The first-order chi connectivity index (χ1) is 8.87. The van der Waals surface area contributed by atoms with Crippen LogP contribution in [0.15, 0.2) is 12.1 Å². The van der Waals surface area contributed by atoms with E-state index in [0.29, 0.717) is 4.73 Å². The Labute approximate surface area is 111 Å². The van der Waals surface area contributed by atoms with Crippen molar-refractivity contribution in [3.05, 3.63) is 12.1 Å². The van der Waals surface area contributed by atoms with Crippen molar-refractivity contribution in [2.45, 2.75) is 19.3 Å². The molecule has 1 aromatic heterocycles. The van der Waals surface area contributed by atoms with Gasteiger partial charge in [0.05, 0.1) is 5.69 Å². The van der Waals surface area contributed by atoms with Gasteiger partial charge >= 0.3 is 10.4 Å². The van der Waals surface area contributed by atoms with E-state index in [2.05, 4.69) is 9.18 Å². The van der Waals surface area contributed by atoms with Crippen LogP contribution in [0.4, 0.5) is 17.3 Å². The average Bonchev–Trinajstić information content (AvgIpc) is 2.33. The largest absolute Gasteiger partial charge is 0.476 e. The van der Waals surface area contributed by atoms with E-state index < -0.39 is 10.4 Å². The average molecular weight is 289 g/mol. The molecule has 0 atom stereocenters. The molecule has 0 aliphatic carbocycles. The highest BCUT2D eigenvalue weighted by Gasteiger charge is 2.21. The second-order valence-electron chi connectivity index (χ2n) is 4.41. The molecule has 1 aliphatic heterocycles. The number of rotatable bonds is 3. The Kier molecular flexibility index (Phi) is 3.67. The summed E-state index contributed by atoms with van der Waals surface area (Å²) in [6.07, 6.45) is 3.38. The summed E-state index contributed by atoms with van der Waals surface area (Å²) >= 11 is 0. The molecule has 2 heterocycles. The number of hydrogen-bond acceptors (Lipinski definition) is 6. The quantitative estimate of drug-likeness (QED) is 0.499. The lowest BCUT2D eigenvalue weighted by atomic mass is 10.1. The Morgan fingerprint density at radius 2 is 1.68 bits per heavy atom. The van der Waals surface area contributed by atoms with Gasteiger partial charge in [0.1, 0.15) is 0 Å². The van der Waals surface area contributed by atoms with Crippen LogP contribution in [-0.2, 0) is 10.4 Å². The summed E-state index contributed by atoms with van der Waals surface area (Å²) < 4.78 is 35.0. The summed E-state index contributed by atoms with van der Waals surface area (Å²) in [4.78, 5) is 2.12. The molecule has 1 saturated heterocycles.